The molecular formula is C20H17NO4. The van der Waals surface area contributed by atoms with E-state index in [2.05, 4.69) is 4.98 Å². The molecule has 1 aliphatic rings. The number of aromatic carboxylic acids is 1. The molecule has 2 unspecified atom stereocenters. The molecule has 0 spiro atoms. The highest BCUT2D eigenvalue weighted by atomic mass is 16.4. The van der Waals surface area contributed by atoms with Crippen LogP contribution < -0.4 is 10.4 Å². The topological polar surface area (TPSA) is 93.5 Å². The highest BCUT2D eigenvalue weighted by Crippen LogP contribution is 2.34. The average Bonchev–Trinajstić information content (AvgIpc) is 2.98. The van der Waals surface area contributed by atoms with E-state index in [9.17, 15) is 20.1 Å². The Morgan fingerprint density at radius 1 is 1.20 bits per heavy atom. The number of aliphatic hydroxyl groups is 2. The quantitative estimate of drug-likeness (QED) is 0.561. The summed E-state index contributed by atoms with van der Waals surface area (Å²) in [4.78, 5) is 14.4. The van der Waals surface area contributed by atoms with Crippen LogP contribution in [0.4, 0.5) is 0 Å². The fourth-order valence-electron chi connectivity index (χ4n) is 3.50. The molecule has 3 aromatic rings. The van der Waals surface area contributed by atoms with Gasteiger partial charge in [-0.1, -0.05) is 24.3 Å². The number of carboxylic acids is 1. The predicted molar refractivity (Wildman–Crippen MR) is 94.6 cm³/mol. The van der Waals surface area contributed by atoms with Gasteiger partial charge in [0.1, 0.15) is 11.7 Å². The first-order chi connectivity index (χ1) is 11.9. The van der Waals surface area contributed by atoms with Gasteiger partial charge in [-0.15, -0.1) is 0 Å². The van der Waals surface area contributed by atoms with Gasteiger partial charge in [-0.3, -0.25) is 0 Å². The Bertz CT molecular complexity index is 1120. The predicted octanol–water partition coefficient (Wildman–Crippen LogP) is 0.971. The first-order valence-corrected chi connectivity index (χ1v) is 7.96. The van der Waals surface area contributed by atoms with Gasteiger partial charge in [0.15, 0.2) is 0 Å². The SMILES string of the molecule is CC1(O)C(c2c[nH]c3ccc(C(=O)O)cc23)=c2ccccc2=CC1O. The lowest BCUT2D eigenvalue weighted by Gasteiger charge is -2.33. The van der Waals surface area contributed by atoms with Gasteiger partial charge in [-0.2, -0.15) is 0 Å². The van der Waals surface area contributed by atoms with Crippen molar-refractivity contribution in [3.8, 4) is 0 Å². The van der Waals surface area contributed by atoms with Gasteiger partial charge in [0.05, 0.1) is 5.56 Å². The molecule has 0 aliphatic heterocycles. The summed E-state index contributed by atoms with van der Waals surface area (Å²) in [6.45, 7) is 1.57. The van der Waals surface area contributed by atoms with E-state index in [1.165, 1.54) is 6.07 Å². The van der Waals surface area contributed by atoms with Crippen LogP contribution in [0.1, 0.15) is 22.8 Å². The minimum atomic E-state index is -1.50. The van der Waals surface area contributed by atoms with Crippen LogP contribution in [0.3, 0.4) is 0 Å². The first-order valence-electron chi connectivity index (χ1n) is 7.96. The zero-order valence-corrected chi connectivity index (χ0v) is 13.5. The molecule has 2 aromatic carbocycles. The Kier molecular flexibility index (Phi) is 3.32. The van der Waals surface area contributed by atoms with Crippen LogP contribution >= 0.6 is 0 Å². The van der Waals surface area contributed by atoms with E-state index in [-0.39, 0.29) is 5.56 Å². The van der Waals surface area contributed by atoms with Crippen LogP contribution in [0, 0.1) is 0 Å². The van der Waals surface area contributed by atoms with Crippen LogP contribution in [0.2, 0.25) is 0 Å². The summed E-state index contributed by atoms with van der Waals surface area (Å²) in [5.74, 6) is -1.01. The first kappa shape index (κ1) is 15.6. The second-order valence-corrected chi connectivity index (χ2v) is 6.49. The zero-order valence-electron chi connectivity index (χ0n) is 13.5. The Morgan fingerprint density at radius 3 is 2.72 bits per heavy atom. The number of benzene rings is 2. The highest BCUT2D eigenvalue weighted by Gasteiger charge is 2.37. The van der Waals surface area contributed by atoms with Gasteiger partial charge in [-0.25, -0.2) is 4.79 Å². The third-order valence-electron chi connectivity index (χ3n) is 4.85. The highest BCUT2D eigenvalue weighted by molar-refractivity contribution is 5.99. The molecule has 4 rings (SSSR count). The molecule has 0 amide bonds. The number of carbonyl (C=O) groups is 1. The van der Waals surface area contributed by atoms with Crippen molar-refractivity contribution in [1.29, 1.82) is 0 Å². The molecule has 0 saturated carbocycles. The van der Waals surface area contributed by atoms with E-state index in [4.69, 9.17) is 0 Å². The summed E-state index contributed by atoms with van der Waals surface area (Å²) in [7, 11) is 0. The van der Waals surface area contributed by atoms with Gasteiger partial charge >= 0.3 is 5.97 Å². The summed E-state index contributed by atoms with van der Waals surface area (Å²) in [6.07, 6.45) is 2.32. The number of aromatic nitrogens is 1. The summed E-state index contributed by atoms with van der Waals surface area (Å²) in [6, 6.07) is 12.3. The number of H-pyrrole nitrogens is 1. The van der Waals surface area contributed by atoms with Crippen LogP contribution in [0.25, 0.3) is 22.6 Å². The molecule has 25 heavy (non-hydrogen) atoms. The summed E-state index contributed by atoms with van der Waals surface area (Å²) >= 11 is 0. The van der Waals surface area contributed by atoms with E-state index in [0.29, 0.717) is 16.5 Å². The Hall–Kier alpha value is -2.89. The van der Waals surface area contributed by atoms with Gasteiger partial charge in [0, 0.05) is 28.2 Å². The van der Waals surface area contributed by atoms with Crippen LogP contribution in [-0.4, -0.2) is 38.0 Å². The molecule has 5 nitrogen and oxygen atoms in total. The third-order valence-corrected chi connectivity index (χ3v) is 4.85. The fraction of sp³-hybridized carbons (Fsp3) is 0.150. The summed E-state index contributed by atoms with van der Waals surface area (Å²) in [5, 5.41) is 33.1. The van der Waals surface area contributed by atoms with E-state index in [0.717, 1.165) is 16.0 Å². The summed E-state index contributed by atoms with van der Waals surface area (Å²) in [5.41, 5.74) is 0.701. The number of aromatic amines is 1. The van der Waals surface area contributed by atoms with Gasteiger partial charge in [-0.05, 0) is 41.6 Å². The number of hydrogen-bond donors (Lipinski definition) is 4. The molecule has 126 valence electrons. The molecule has 1 aliphatic carbocycles. The van der Waals surface area contributed by atoms with Crippen molar-refractivity contribution in [3.05, 3.63) is 70.2 Å². The van der Waals surface area contributed by atoms with Crippen LogP contribution in [0.15, 0.2) is 48.7 Å². The fourth-order valence-corrected chi connectivity index (χ4v) is 3.50. The Labute approximate surface area is 143 Å². The standard InChI is InChI=1S/C20H17NO4/c1-20(25)17(22)9-11-4-2-3-5-13(11)18(20)15-10-21-16-7-6-12(19(23)24)8-14(15)16/h2-10,17,21-22,25H,1H3,(H,23,24). The minimum Gasteiger partial charge on any atom is -0.478 e. The lowest BCUT2D eigenvalue weighted by atomic mass is 9.80. The molecule has 0 radical (unpaired) electrons. The molecular weight excluding hydrogens is 318 g/mol. The molecule has 2 atom stereocenters. The normalized spacial score (nSPS) is 22.5. The second kappa shape index (κ2) is 5.31. The Morgan fingerprint density at radius 2 is 1.96 bits per heavy atom. The number of carboxylic acid groups (broad SMARTS) is 1. The van der Waals surface area contributed by atoms with Crippen molar-refractivity contribution in [2.75, 3.05) is 0 Å². The third kappa shape index (κ3) is 2.28. The van der Waals surface area contributed by atoms with Gasteiger partial charge in [0.25, 0.3) is 0 Å². The van der Waals surface area contributed by atoms with Crippen molar-refractivity contribution < 1.29 is 20.1 Å². The number of nitrogens with one attached hydrogen (secondary N) is 1. The van der Waals surface area contributed by atoms with Crippen LogP contribution in [0.5, 0.6) is 0 Å². The number of hydrogen-bond acceptors (Lipinski definition) is 3. The van der Waals surface area contributed by atoms with Crippen LogP contribution in [-0.2, 0) is 0 Å². The lowest BCUT2D eigenvalue weighted by Crippen LogP contribution is -2.49. The molecule has 0 fully saturated rings. The second-order valence-electron chi connectivity index (χ2n) is 6.49. The molecule has 0 bridgehead atoms. The molecule has 1 aromatic heterocycles. The van der Waals surface area contributed by atoms with Crippen molar-refractivity contribution in [2.24, 2.45) is 0 Å². The van der Waals surface area contributed by atoms with Crippen molar-refractivity contribution in [1.82, 2.24) is 4.98 Å². The Balaban J connectivity index is 2.13. The molecule has 0 saturated heterocycles. The van der Waals surface area contributed by atoms with E-state index in [1.54, 1.807) is 31.3 Å². The summed E-state index contributed by atoms with van der Waals surface area (Å²) < 4.78 is 0. The minimum absolute atomic E-state index is 0.171. The van der Waals surface area contributed by atoms with Crippen molar-refractivity contribution in [2.45, 2.75) is 18.6 Å². The average molecular weight is 335 g/mol. The van der Waals surface area contributed by atoms with E-state index >= 15 is 0 Å². The van der Waals surface area contributed by atoms with E-state index < -0.39 is 17.7 Å². The maximum Gasteiger partial charge on any atom is 0.335 e. The molecule has 4 N–H and O–H groups in total. The van der Waals surface area contributed by atoms with Crippen molar-refractivity contribution in [3.63, 3.8) is 0 Å². The number of fused-ring (bicyclic) bond motifs is 2. The monoisotopic (exact) mass is 335 g/mol. The molecule has 1 heterocycles. The zero-order chi connectivity index (χ0) is 17.8. The number of aliphatic hydroxyl groups excluding tert-OH is 1. The maximum atomic E-state index is 11.3. The van der Waals surface area contributed by atoms with Gasteiger partial charge in [0.2, 0.25) is 0 Å². The largest absolute Gasteiger partial charge is 0.478 e. The number of rotatable bonds is 2. The maximum absolute atomic E-state index is 11.3. The smallest absolute Gasteiger partial charge is 0.335 e. The van der Waals surface area contributed by atoms with E-state index in [1.807, 2.05) is 24.3 Å². The van der Waals surface area contributed by atoms with Gasteiger partial charge < -0.3 is 20.3 Å². The van der Waals surface area contributed by atoms with Crippen molar-refractivity contribution >= 4 is 28.5 Å². The molecule has 5 heteroatoms. The lowest BCUT2D eigenvalue weighted by molar-refractivity contribution is 0.0154.